The lowest BCUT2D eigenvalue weighted by molar-refractivity contribution is 0.715. The summed E-state index contributed by atoms with van der Waals surface area (Å²) in [7, 11) is 0. The molecule has 0 aliphatic carbocycles. The fourth-order valence-corrected chi connectivity index (χ4v) is 1.41. The van der Waals surface area contributed by atoms with Crippen LogP contribution in [0.5, 0.6) is 0 Å². The highest BCUT2D eigenvalue weighted by molar-refractivity contribution is 5.85. The Kier molecular flexibility index (Phi) is 4.03. The van der Waals surface area contributed by atoms with Crippen LogP contribution in [-0.2, 0) is 0 Å². The van der Waals surface area contributed by atoms with Crippen molar-refractivity contribution in [3.05, 3.63) is 42.1 Å². The molecule has 80 valence electrons. The summed E-state index contributed by atoms with van der Waals surface area (Å²) >= 11 is 0. The van der Waals surface area contributed by atoms with Crippen LogP contribution in [0.3, 0.4) is 0 Å². The number of pyridine rings is 1. The second-order valence-corrected chi connectivity index (χ2v) is 3.27. The summed E-state index contributed by atoms with van der Waals surface area (Å²) in [6.07, 6.45) is 0. The zero-order valence-corrected chi connectivity index (χ0v) is 9.08. The van der Waals surface area contributed by atoms with Gasteiger partial charge in [-0.2, -0.15) is 0 Å². The highest BCUT2D eigenvalue weighted by Crippen LogP contribution is 2.14. The average Bonchev–Trinajstić information content (AvgIpc) is 2.27. The molecular formula is C11H14ClN3. The molecule has 4 heteroatoms. The van der Waals surface area contributed by atoms with Gasteiger partial charge in [-0.25, -0.2) is 0 Å². The lowest BCUT2D eigenvalue weighted by Gasteiger charge is -2.08. The zero-order chi connectivity index (χ0) is 9.97. The van der Waals surface area contributed by atoms with Gasteiger partial charge in [-0.15, -0.1) is 12.4 Å². The van der Waals surface area contributed by atoms with Gasteiger partial charge in [0.1, 0.15) is 0 Å². The third kappa shape index (κ3) is 2.45. The molecule has 15 heavy (non-hydrogen) atoms. The maximum atomic E-state index is 5.80. The fraction of sp³-hybridized carbons (Fsp3) is 0.182. The van der Waals surface area contributed by atoms with Gasteiger partial charge in [0.15, 0.2) is 0 Å². The van der Waals surface area contributed by atoms with Gasteiger partial charge in [-0.05, 0) is 12.1 Å². The second kappa shape index (κ2) is 5.07. The molecule has 2 aromatic rings. The van der Waals surface area contributed by atoms with Crippen LogP contribution in [0.15, 0.2) is 36.4 Å². The first-order valence-electron chi connectivity index (χ1n) is 4.62. The van der Waals surface area contributed by atoms with Crippen molar-refractivity contribution in [3.63, 3.8) is 0 Å². The maximum absolute atomic E-state index is 5.80. The smallest absolute Gasteiger partial charge is 0.0706 e. The zero-order valence-electron chi connectivity index (χ0n) is 8.26. The Balaban J connectivity index is 0.00000112. The molecule has 1 aromatic heterocycles. The van der Waals surface area contributed by atoms with Crippen LogP contribution in [0.4, 0.5) is 0 Å². The first-order chi connectivity index (χ1) is 6.81. The molecule has 0 bridgehead atoms. The summed E-state index contributed by atoms with van der Waals surface area (Å²) in [6, 6.07) is 11.7. The van der Waals surface area contributed by atoms with Crippen molar-refractivity contribution in [2.24, 2.45) is 11.5 Å². The molecule has 2 rings (SSSR count). The van der Waals surface area contributed by atoms with E-state index < -0.39 is 0 Å². The third-order valence-electron chi connectivity index (χ3n) is 2.25. The molecule has 4 N–H and O–H groups in total. The van der Waals surface area contributed by atoms with E-state index in [1.807, 2.05) is 36.4 Å². The molecule has 0 unspecified atom stereocenters. The molecule has 0 radical (unpaired) electrons. The van der Waals surface area contributed by atoms with Crippen molar-refractivity contribution in [2.75, 3.05) is 6.54 Å². The minimum absolute atomic E-state index is 0. The lowest BCUT2D eigenvalue weighted by atomic mass is 10.1. The molecule has 0 saturated heterocycles. The molecule has 1 atom stereocenters. The van der Waals surface area contributed by atoms with Gasteiger partial charge in [0, 0.05) is 11.9 Å². The predicted molar refractivity (Wildman–Crippen MR) is 65.0 cm³/mol. The molecule has 3 nitrogen and oxygen atoms in total. The molecule has 0 saturated carbocycles. The number of hydrogen-bond acceptors (Lipinski definition) is 3. The summed E-state index contributed by atoms with van der Waals surface area (Å²) in [5, 5.41) is 1.13. The largest absolute Gasteiger partial charge is 0.329 e. The van der Waals surface area contributed by atoms with Crippen LogP contribution < -0.4 is 11.5 Å². The standard InChI is InChI=1S/C11H13N3.ClH/c12-7-9(13)11-6-5-8-3-1-2-4-10(8)14-11;/h1-6,9H,7,12-13H2;1H/t9-;/m1./s1. The summed E-state index contributed by atoms with van der Waals surface area (Å²) < 4.78 is 0. The number of halogens is 1. The van der Waals surface area contributed by atoms with E-state index in [0.717, 1.165) is 16.6 Å². The molecule has 0 aliphatic heterocycles. The van der Waals surface area contributed by atoms with Crippen LogP contribution in [0.25, 0.3) is 10.9 Å². The molecule has 1 aromatic carbocycles. The summed E-state index contributed by atoms with van der Waals surface area (Å²) in [4.78, 5) is 4.44. The van der Waals surface area contributed by atoms with Crippen molar-refractivity contribution >= 4 is 23.3 Å². The van der Waals surface area contributed by atoms with E-state index in [1.165, 1.54) is 0 Å². The van der Waals surface area contributed by atoms with Crippen molar-refractivity contribution in [3.8, 4) is 0 Å². The van der Waals surface area contributed by atoms with Crippen molar-refractivity contribution in [1.82, 2.24) is 4.98 Å². The highest BCUT2D eigenvalue weighted by atomic mass is 35.5. The summed E-state index contributed by atoms with van der Waals surface area (Å²) in [6.45, 7) is 0.422. The van der Waals surface area contributed by atoms with E-state index in [9.17, 15) is 0 Å². The van der Waals surface area contributed by atoms with Crippen molar-refractivity contribution in [2.45, 2.75) is 6.04 Å². The number of para-hydroxylation sites is 1. The Bertz CT molecular complexity index is 445. The van der Waals surface area contributed by atoms with Gasteiger partial charge >= 0.3 is 0 Å². The van der Waals surface area contributed by atoms with Gasteiger partial charge < -0.3 is 11.5 Å². The van der Waals surface area contributed by atoms with Crippen molar-refractivity contribution in [1.29, 1.82) is 0 Å². The Morgan fingerprint density at radius 3 is 2.60 bits per heavy atom. The Hall–Kier alpha value is -1.16. The topological polar surface area (TPSA) is 64.9 Å². The van der Waals surface area contributed by atoms with Gasteiger partial charge in [-0.1, -0.05) is 24.3 Å². The normalized spacial score (nSPS) is 12.1. The summed E-state index contributed by atoms with van der Waals surface area (Å²) in [5.41, 5.74) is 13.1. The van der Waals surface area contributed by atoms with Gasteiger partial charge in [0.2, 0.25) is 0 Å². The Labute approximate surface area is 94.9 Å². The molecule has 0 aliphatic rings. The number of nitrogens with zero attached hydrogens (tertiary/aromatic N) is 1. The van der Waals surface area contributed by atoms with E-state index in [4.69, 9.17) is 11.5 Å². The third-order valence-corrected chi connectivity index (χ3v) is 2.25. The van der Waals surface area contributed by atoms with Gasteiger partial charge in [0.05, 0.1) is 17.3 Å². The van der Waals surface area contributed by atoms with Gasteiger partial charge in [0.25, 0.3) is 0 Å². The van der Waals surface area contributed by atoms with Crippen LogP contribution in [0, 0.1) is 0 Å². The number of nitrogens with two attached hydrogens (primary N) is 2. The average molecular weight is 224 g/mol. The number of benzene rings is 1. The van der Waals surface area contributed by atoms with E-state index in [0.29, 0.717) is 6.54 Å². The molecular weight excluding hydrogens is 210 g/mol. The number of aromatic nitrogens is 1. The number of hydrogen-bond donors (Lipinski definition) is 2. The Morgan fingerprint density at radius 1 is 1.13 bits per heavy atom. The Morgan fingerprint density at radius 2 is 1.87 bits per heavy atom. The molecule has 0 amide bonds. The SMILES string of the molecule is Cl.NC[C@@H](N)c1ccc2ccccc2n1. The van der Waals surface area contributed by atoms with Crippen LogP contribution in [0.2, 0.25) is 0 Å². The maximum Gasteiger partial charge on any atom is 0.0706 e. The minimum Gasteiger partial charge on any atom is -0.329 e. The van der Waals surface area contributed by atoms with Gasteiger partial charge in [-0.3, -0.25) is 4.98 Å². The summed E-state index contributed by atoms with van der Waals surface area (Å²) in [5.74, 6) is 0. The van der Waals surface area contributed by atoms with Crippen LogP contribution in [0.1, 0.15) is 11.7 Å². The first-order valence-corrected chi connectivity index (χ1v) is 4.62. The van der Waals surface area contributed by atoms with E-state index in [1.54, 1.807) is 0 Å². The van der Waals surface area contributed by atoms with E-state index in [2.05, 4.69) is 4.98 Å². The highest BCUT2D eigenvalue weighted by Gasteiger charge is 2.05. The monoisotopic (exact) mass is 223 g/mol. The van der Waals surface area contributed by atoms with Crippen LogP contribution >= 0.6 is 12.4 Å². The number of fused-ring (bicyclic) bond motifs is 1. The van der Waals surface area contributed by atoms with Crippen molar-refractivity contribution < 1.29 is 0 Å². The number of rotatable bonds is 2. The molecule has 0 fully saturated rings. The van der Waals surface area contributed by atoms with E-state index in [-0.39, 0.29) is 18.4 Å². The quantitative estimate of drug-likeness (QED) is 0.813. The van der Waals surface area contributed by atoms with E-state index >= 15 is 0 Å². The van der Waals surface area contributed by atoms with Crippen LogP contribution in [-0.4, -0.2) is 11.5 Å². The molecule has 0 spiro atoms. The minimum atomic E-state index is -0.167. The lowest BCUT2D eigenvalue weighted by Crippen LogP contribution is -2.21. The second-order valence-electron chi connectivity index (χ2n) is 3.27. The fourth-order valence-electron chi connectivity index (χ4n) is 1.41. The predicted octanol–water partition coefficient (Wildman–Crippen LogP) is 1.62. The first kappa shape index (κ1) is 11.9. The molecule has 1 heterocycles.